The van der Waals surface area contributed by atoms with Gasteiger partial charge in [-0.15, -0.1) is 0 Å². The number of ether oxygens (including phenoxy) is 1. The lowest BCUT2D eigenvalue weighted by Crippen LogP contribution is -2.48. The first-order chi connectivity index (χ1) is 16.6. The number of rotatable bonds is 6. The van der Waals surface area contributed by atoms with E-state index >= 15 is 0 Å². The third-order valence-corrected chi connectivity index (χ3v) is 7.69. The van der Waals surface area contributed by atoms with Crippen molar-refractivity contribution in [2.24, 2.45) is 0 Å². The SMILES string of the molecule is Cc1cccc(-c2nc(C(C)C)no2)c1NC(=O)c1ccc(S(=O)(=O)N2CC(C)OC(C)C2)cc1. The summed E-state index contributed by atoms with van der Waals surface area (Å²) in [4.78, 5) is 17.6. The van der Waals surface area contributed by atoms with E-state index in [0.717, 1.165) is 5.56 Å². The second-order valence-electron chi connectivity index (χ2n) is 9.17. The van der Waals surface area contributed by atoms with Gasteiger partial charge in [0.1, 0.15) is 0 Å². The van der Waals surface area contributed by atoms with Crippen LogP contribution in [0.2, 0.25) is 0 Å². The van der Waals surface area contributed by atoms with Crippen LogP contribution < -0.4 is 5.32 Å². The van der Waals surface area contributed by atoms with Crippen molar-refractivity contribution < 1.29 is 22.5 Å². The maximum absolute atomic E-state index is 13.1. The van der Waals surface area contributed by atoms with Gasteiger partial charge in [-0.2, -0.15) is 9.29 Å². The highest BCUT2D eigenvalue weighted by atomic mass is 32.2. The van der Waals surface area contributed by atoms with Crippen molar-refractivity contribution in [1.82, 2.24) is 14.4 Å². The molecule has 35 heavy (non-hydrogen) atoms. The predicted octanol–water partition coefficient (Wildman–Crippen LogP) is 4.22. The van der Waals surface area contributed by atoms with E-state index in [-0.39, 0.29) is 28.9 Å². The number of hydrogen-bond acceptors (Lipinski definition) is 7. The number of aromatic nitrogens is 2. The molecule has 2 atom stereocenters. The quantitative estimate of drug-likeness (QED) is 0.541. The molecule has 0 saturated carbocycles. The van der Waals surface area contributed by atoms with Crippen LogP contribution in [0, 0.1) is 6.92 Å². The van der Waals surface area contributed by atoms with Gasteiger partial charge in [-0.3, -0.25) is 4.79 Å². The van der Waals surface area contributed by atoms with E-state index in [1.54, 1.807) is 6.07 Å². The summed E-state index contributed by atoms with van der Waals surface area (Å²) in [6.07, 6.45) is -0.366. The third kappa shape index (κ3) is 5.29. The molecule has 1 aliphatic heterocycles. The van der Waals surface area contributed by atoms with Crippen LogP contribution in [0.15, 0.2) is 51.9 Å². The Hall–Kier alpha value is -3.08. The van der Waals surface area contributed by atoms with Crippen LogP contribution in [0.4, 0.5) is 5.69 Å². The fourth-order valence-corrected chi connectivity index (χ4v) is 5.62. The molecule has 9 nitrogen and oxygen atoms in total. The van der Waals surface area contributed by atoms with Crippen LogP contribution in [0.25, 0.3) is 11.5 Å². The normalized spacial score (nSPS) is 19.1. The number of carbonyl (C=O) groups is 1. The van der Waals surface area contributed by atoms with Crippen molar-refractivity contribution >= 4 is 21.6 Å². The molecule has 0 spiro atoms. The molecule has 0 radical (unpaired) electrons. The summed E-state index contributed by atoms with van der Waals surface area (Å²) in [6.45, 7) is 10.1. The average molecular weight is 499 g/mol. The van der Waals surface area contributed by atoms with E-state index < -0.39 is 10.0 Å². The number of benzene rings is 2. The average Bonchev–Trinajstić information content (AvgIpc) is 3.30. The fourth-order valence-electron chi connectivity index (χ4n) is 4.03. The fraction of sp³-hybridized carbons (Fsp3) is 0.400. The highest BCUT2D eigenvalue weighted by Crippen LogP contribution is 2.31. The Morgan fingerprint density at radius 3 is 2.34 bits per heavy atom. The lowest BCUT2D eigenvalue weighted by atomic mass is 10.1. The first-order valence-electron chi connectivity index (χ1n) is 11.6. The maximum Gasteiger partial charge on any atom is 0.260 e. The molecule has 1 saturated heterocycles. The van der Waals surface area contributed by atoms with Gasteiger partial charge in [0.05, 0.1) is 28.4 Å². The van der Waals surface area contributed by atoms with Gasteiger partial charge in [0.15, 0.2) is 5.82 Å². The van der Waals surface area contributed by atoms with E-state index in [0.29, 0.717) is 41.6 Å². The highest BCUT2D eigenvalue weighted by Gasteiger charge is 2.32. The highest BCUT2D eigenvalue weighted by molar-refractivity contribution is 7.89. The number of morpholine rings is 1. The predicted molar refractivity (Wildman–Crippen MR) is 132 cm³/mol. The van der Waals surface area contributed by atoms with Gasteiger partial charge < -0.3 is 14.6 Å². The summed E-state index contributed by atoms with van der Waals surface area (Å²) in [5, 5.41) is 6.94. The monoisotopic (exact) mass is 498 g/mol. The minimum Gasteiger partial charge on any atom is -0.373 e. The first kappa shape index (κ1) is 25.0. The van der Waals surface area contributed by atoms with Gasteiger partial charge in [-0.25, -0.2) is 8.42 Å². The lowest BCUT2D eigenvalue weighted by Gasteiger charge is -2.34. The molecule has 1 N–H and O–H groups in total. The number of anilines is 1. The first-order valence-corrected chi connectivity index (χ1v) is 13.0. The molecule has 4 rings (SSSR count). The van der Waals surface area contributed by atoms with Crippen LogP contribution in [-0.4, -0.2) is 54.1 Å². The molecule has 1 amide bonds. The number of aryl methyl sites for hydroxylation is 1. The Balaban J connectivity index is 1.56. The molecule has 1 fully saturated rings. The number of para-hydroxylation sites is 1. The maximum atomic E-state index is 13.1. The van der Waals surface area contributed by atoms with Gasteiger partial charge >= 0.3 is 0 Å². The van der Waals surface area contributed by atoms with Gasteiger partial charge in [-0.05, 0) is 56.7 Å². The van der Waals surface area contributed by atoms with E-state index in [4.69, 9.17) is 9.26 Å². The minimum atomic E-state index is -3.69. The van der Waals surface area contributed by atoms with E-state index in [1.807, 2.05) is 46.8 Å². The second kappa shape index (κ2) is 9.88. The van der Waals surface area contributed by atoms with Gasteiger partial charge in [0.25, 0.3) is 11.8 Å². The number of hydrogen-bond donors (Lipinski definition) is 1. The number of sulfonamides is 1. The summed E-state index contributed by atoms with van der Waals surface area (Å²) in [7, 11) is -3.69. The Kier molecular flexibility index (Phi) is 7.07. The zero-order valence-electron chi connectivity index (χ0n) is 20.5. The van der Waals surface area contributed by atoms with E-state index in [1.165, 1.54) is 28.6 Å². The summed E-state index contributed by atoms with van der Waals surface area (Å²) < 4.78 is 38.7. The van der Waals surface area contributed by atoms with Crippen LogP contribution in [0.5, 0.6) is 0 Å². The molecule has 1 aromatic heterocycles. The molecule has 3 aromatic rings. The van der Waals surface area contributed by atoms with Crippen molar-refractivity contribution in [2.45, 2.75) is 57.6 Å². The molecule has 0 aliphatic carbocycles. The van der Waals surface area contributed by atoms with Gasteiger partial charge in [-0.1, -0.05) is 31.1 Å². The largest absolute Gasteiger partial charge is 0.373 e. The third-order valence-electron chi connectivity index (χ3n) is 5.84. The Labute approximate surface area is 205 Å². The van der Waals surface area contributed by atoms with E-state index in [2.05, 4.69) is 15.5 Å². The Morgan fingerprint density at radius 1 is 1.09 bits per heavy atom. The smallest absolute Gasteiger partial charge is 0.260 e. The summed E-state index contributed by atoms with van der Waals surface area (Å²) in [5.74, 6) is 0.637. The number of amides is 1. The summed E-state index contributed by atoms with van der Waals surface area (Å²) >= 11 is 0. The van der Waals surface area contributed by atoms with Gasteiger partial charge in [0, 0.05) is 24.6 Å². The number of carbonyl (C=O) groups excluding carboxylic acids is 1. The number of nitrogens with one attached hydrogen (secondary N) is 1. The molecule has 2 heterocycles. The lowest BCUT2D eigenvalue weighted by molar-refractivity contribution is -0.0440. The minimum absolute atomic E-state index is 0.106. The topological polar surface area (TPSA) is 115 Å². The molecular formula is C25H30N4O5S. The zero-order chi connectivity index (χ0) is 25.3. The van der Waals surface area contributed by atoms with Crippen molar-refractivity contribution in [2.75, 3.05) is 18.4 Å². The van der Waals surface area contributed by atoms with Crippen molar-refractivity contribution in [3.05, 3.63) is 59.4 Å². The Morgan fingerprint density at radius 2 is 1.74 bits per heavy atom. The van der Waals surface area contributed by atoms with Crippen molar-refractivity contribution in [1.29, 1.82) is 0 Å². The number of nitrogens with zero attached hydrogens (tertiary/aromatic N) is 3. The summed E-state index contributed by atoms with van der Waals surface area (Å²) in [5.41, 5.74) is 2.34. The molecule has 2 unspecified atom stereocenters. The molecular weight excluding hydrogens is 468 g/mol. The summed E-state index contributed by atoms with van der Waals surface area (Å²) in [6, 6.07) is 11.5. The standard InChI is InChI=1S/C25H30N4O5S/c1-15(2)23-27-25(34-28-23)21-8-6-7-16(3)22(21)26-24(30)19-9-11-20(12-10-19)35(31,32)29-13-17(4)33-18(5)14-29/h6-12,15,17-18H,13-14H2,1-5H3,(H,26,30). The van der Waals surface area contributed by atoms with Crippen LogP contribution >= 0.6 is 0 Å². The van der Waals surface area contributed by atoms with Crippen LogP contribution in [-0.2, 0) is 14.8 Å². The van der Waals surface area contributed by atoms with E-state index in [9.17, 15) is 13.2 Å². The molecule has 1 aliphatic rings. The van der Waals surface area contributed by atoms with Crippen molar-refractivity contribution in [3.63, 3.8) is 0 Å². The molecule has 2 aromatic carbocycles. The van der Waals surface area contributed by atoms with Gasteiger partial charge in [0.2, 0.25) is 10.0 Å². The Bertz CT molecular complexity index is 1310. The molecule has 186 valence electrons. The second-order valence-corrected chi connectivity index (χ2v) is 11.1. The molecule has 10 heteroatoms. The van der Waals surface area contributed by atoms with Crippen LogP contribution in [0.3, 0.4) is 0 Å². The van der Waals surface area contributed by atoms with Crippen molar-refractivity contribution in [3.8, 4) is 11.5 Å². The zero-order valence-corrected chi connectivity index (χ0v) is 21.3. The van der Waals surface area contributed by atoms with Crippen LogP contribution in [0.1, 0.15) is 55.4 Å². The molecule has 0 bridgehead atoms.